The van der Waals surface area contributed by atoms with Crippen LogP contribution in [0.1, 0.15) is 11.6 Å². The van der Waals surface area contributed by atoms with Gasteiger partial charge in [-0.3, -0.25) is 9.78 Å². The first-order valence-corrected chi connectivity index (χ1v) is 7.42. The van der Waals surface area contributed by atoms with E-state index in [1.165, 1.54) is 0 Å². The molecule has 0 aliphatic carbocycles. The Hall–Kier alpha value is -2.11. The van der Waals surface area contributed by atoms with E-state index in [9.17, 15) is 4.79 Å². The molecule has 0 bridgehead atoms. The SMILES string of the molecule is Cl.O=C(COc1ccccc1)N1CCNCC1c1cccnc1. The Bertz CT molecular complexity index is 610. The maximum absolute atomic E-state index is 12.5. The maximum Gasteiger partial charge on any atom is 0.261 e. The second-order valence-corrected chi connectivity index (χ2v) is 5.20. The van der Waals surface area contributed by atoms with Crippen molar-refractivity contribution in [1.82, 2.24) is 15.2 Å². The van der Waals surface area contributed by atoms with Crippen molar-refractivity contribution < 1.29 is 9.53 Å². The number of halogens is 1. The van der Waals surface area contributed by atoms with E-state index in [0.717, 1.165) is 18.7 Å². The van der Waals surface area contributed by atoms with Gasteiger partial charge in [0.15, 0.2) is 6.61 Å². The van der Waals surface area contributed by atoms with Crippen LogP contribution in [0.3, 0.4) is 0 Å². The summed E-state index contributed by atoms with van der Waals surface area (Å²) in [6, 6.07) is 13.3. The number of para-hydroxylation sites is 1. The first-order valence-electron chi connectivity index (χ1n) is 7.42. The minimum atomic E-state index is -0.000735. The third-order valence-electron chi connectivity index (χ3n) is 3.74. The van der Waals surface area contributed by atoms with E-state index in [4.69, 9.17) is 4.74 Å². The van der Waals surface area contributed by atoms with Crippen LogP contribution < -0.4 is 10.1 Å². The van der Waals surface area contributed by atoms with Crippen LogP contribution in [0.15, 0.2) is 54.9 Å². The van der Waals surface area contributed by atoms with Crippen molar-refractivity contribution >= 4 is 18.3 Å². The fraction of sp³-hybridized carbons (Fsp3) is 0.294. The Morgan fingerprint density at radius 1 is 1.26 bits per heavy atom. The molecule has 5 nitrogen and oxygen atoms in total. The first kappa shape index (κ1) is 17.2. The van der Waals surface area contributed by atoms with Gasteiger partial charge in [0.05, 0.1) is 6.04 Å². The van der Waals surface area contributed by atoms with Crippen molar-refractivity contribution in [3.8, 4) is 5.75 Å². The molecule has 1 fully saturated rings. The zero-order chi connectivity index (χ0) is 15.2. The highest BCUT2D eigenvalue weighted by Gasteiger charge is 2.28. The summed E-state index contributed by atoms with van der Waals surface area (Å²) in [5, 5.41) is 3.33. The van der Waals surface area contributed by atoms with Crippen molar-refractivity contribution in [3.05, 3.63) is 60.4 Å². The highest BCUT2D eigenvalue weighted by molar-refractivity contribution is 5.85. The number of ether oxygens (including phenoxy) is 1. The maximum atomic E-state index is 12.5. The minimum Gasteiger partial charge on any atom is -0.484 e. The molecule has 1 saturated heterocycles. The lowest BCUT2D eigenvalue weighted by molar-refractivity contribution is -0.136. The van der Waals surface area contributed by atoms with Gasteiger partial charge in [-0.05, 0) is 23.8 Å². The molecule has 0 saturated carbocycles. The quantitative estimate of drug-likeness (QED) is 0.930. The third kappa shape index (κ3) is 4.43. The van der Waals surface area contributed by atoms with Crippen molar-refractivity contribution in [3.63, 3.8) is 0 Å². The Labute approximate surface area is 142 Å². The monoisotopic (exact) mass is 333 g/mol. The molecule has 1 amide bonds. The Morgan fingerprint density at radius 2 is 2.09 bits per heavy atom. The molecule has 1 atom stereocenters. The molecule has 1 N–H and O–H groups in total. The van der Waals surface area contributed by atoms with Crippen LogP contribution in [-0.2, 0) is 4.79 Å². The molecule has 23 heavy (non-hydrogen) atoms. The van der Waals surface area contributed by atoms with Gasteiger partial charge in [-0.15, -0.1) is 12.4 Å². The second kappa shape index (κ2) is 8.50. The van der Waals surface area contributed by atoms with E-state index in [2.05, 4.69) is 10.3 Å². The zero-order valence-electron chi connectivity index (χ0n) is 12.7. The van der Waals surface area contributed by atoms with Crippen molar-refractivity contribution in [2.75, 3.05) is 26.2 Å². The number of rotatable bonds is 4. The summed E-state index contributed by atoms with van der Waals surface area (Å²) in [6.07, 6.45) is 3.56. The molecule has 0 radical (unpaired) electrons. The Kier molecular flexibility index (Phi) is 6.38. The van der Waals surface area contributed by atoms with Crippen LogP contribution in [0.4, 0.5) is 0 Å². The van der Waals surface area contributed by atoms with Gasteiger partial charge in [-0.1, -0.05) is 24.3 Å². The lowest BCUT2D eigenvalue weighted by Crippen LogP contribution is -2.50. The lowest BCUT2D eigenvalue weighted by atomic mass is 10.1. The van der Waals surface area contributed by atoms with Crippen molar-refractivity contribution in [2.45, 2.75) is 6.04 Å². The molecule has 2 heterocycles. The number of hydrogen-bond donors (Lipinski definition) is 1. The van der Waals surface area contributed by atoms with Gasteiger partial charge in [-0.25, -0.2) is 0 Å². The fourth-order valence-electron chi connectivity index (χ4n) is 2.62. The number of carbonyl (C=O) groups excluding carboxylic acids is 1. The zero-order valence-corrected chi connectivity index (χ0v) is 13.5. The summed E-state index contributed by atoms with van der Waals surface area (Å²) in [7, 11) is 0. The molecule has 6 heteroatoms. The topological polar surface area (TPSA) is 54.5 Å². The Balaban J connectivity index is 0.00000192. The van der Waals surface area contributed by atoms with Gasteiger partial charge in [0.2, 0.25) is 0 Å². The number of hydrogen-bond acceptors (Lipinski definition) is 4. The normalized spacial score (nSPS) is 17.2. The molecule has 1 aliphatic rings. The average molecular weight is 334 g/mol. The first-order chi connectivity index (χ1) is 10.8. The van der Waals surface area contributed by atoms with E-state index < -0.39 is 0 Å². The van der Waals surface area contributed by atoms with Crippen molar-refractivity contribution in [2.24, 2.45) is 0 Å². The lowest BCUT2D eigenvalue weighted by Gasteiger charge is -2.36. The van der Waals surface area contributed by atoms with Crippen LogP contribution in [0.2, 0.25) is 0 Å². The predicted molar refractivity (Wildman–Crippen MR) is 90.7 cm³/mol. The number of pyridine rings is 1. The van der Waals surface area contributed by atoms with E-state index >= 15 is 0 Å². The second-order valence-electron chi connectivity index (χ2n) is 5.20. The van der Waals surface area contributed by atoms with Gasteiger partial charge in [0.1, 0.15) is 5.75 Å². The molecule has 3 rings (SSSR count). The van der Waals surface area contributed by atoms with Gasteiger partial charge in [0, 0.05) is 32.0 Å². The summed E-state index contributed by atoms with van der Waals surface area (Å²) in [5.41, 5.74) is 1.04. The van der Waals surface area contributed by atoms with Gasteiger partial charge >= 0.3 is 0 Å². The molecule has 2 aromatic rings. The summed E-state index contributed by atoms with van der Waals surface area (Å²) in [4.78, 5) is 18.5. The fourth-order valence-corrected chi connectivity index (χ4v) is 2.62. The van der Waals surface area contributed by atoms with Crippen LogP contribution in [0.25, 0.3) is 0 Å². The number of carbonyl (C=O) groups is 1. The molecule has 1 aromatic heterocycles. The molecular formula is C17H20ClN3O2. The number of nitrogens with zero attached hydrogens (tertiary/aromatic N) is 2. The summed E-state index contributed by atoms with van der Waals surface area (Å²) in [5.74, 6) is 0.711. The van der Waals surface area contributed by atoms with Crippen LogP contribution in [0, 0.1) is 0 Å². The van der Waals surface area contributed by atoms with Gasteiger partial charge in [0.25, 0.3) is 5.91 Å². The number of amides is 1. The summed E-state index contributed by atoms with van der Waals surface area (Å²) in [6.45, 7) is 2.27. The standard InChI is InChI=1S/C17H19N3O2.ClH/c21-17(13-22-15-6-2-1-3-7-15)20-10-9-19-12-16(20)14-5-4-8-18-11-14;/h1-8,11,16,19H,9-10,12-13H2;1H. The third-order valence-corrected chi connectivity index (χ3v) is 3.74. The molecule has 1 unspecified atom stereocenters. The number of aromatic nitrogens is 1. The smallest absolute Gasteiger partial charge is 0.261 e. The number of nitrogens with one attached hydrogen (secondary N) is 1. The average Bonchev–Trinajstić information content (AvgIpc) is 2.61. The van der Waals surface area contributed by atoms with Gasteiger partial charge < -0.3 is 15.0 Å². The van der Waals surface area contributed by atoms with Crippen LogP contribution >= 0.6 is 12.4 Å². The molecule has 122 valence electrons. The highest BCUT2D eigenvalue weighted by Crippen LogP contribution is 2.21. The van der Waals surface area contributed by atoms with Gasteiger partial charge in [-0.2, -0.15) is 0 Å². The molecule has 1 aromatic carbocycles. The summed E-state index contributed by atoms with van der Waals surface area (Å²) >= 11 is 0. The van der Waals surface area contributed by atoms with Crippen LogP contribution in [0.5, 0.6) is 5.75 Å². The van der Waals surface area contributed by atoms with E-state index in [1.807, 2.05) is 53.6 Å². The molecular weight excluding hydrogens is 314 g/mol. The number of piperazine rings is 1. The largest absolute Gasteiger partial charge is 0.484 e. The predicted octanol–water partition coefficient (Wildman–Crippen LogP) is 2.06. The molecule has 1 aliphatic heterocycles. The van der Waals surface area contributed by atoms with E-state index in [-0.39, 0.29) is 31.0 Å². The minimum absolute atomic E-state index is 0. The number of benzene rings is 1. The summed E-state index contributed by atoms with van der Waals surface area (Å²) < 4.78 is 5.58. The van der Waals surface area contributed by atoms with Crippen LogP contribution in [-0.4, -0.2) is 42.0 Å². The highest BCUT2D eigenvalue weighted by atomic mass is 35.5. The van der Waals surface area contributed by atoms with E-state index in [0.29, 0.717) is 12.3 Å². The van der Waals surface area contributed by atoms with Crippen molar-refractivity contribution in [1.29, 1.82) is 0 Å². The molecule has 0 spiro atoms. The Morgan fingerprint density at radius 3 is 2.83 bits per heavy atom. The van der Waals surface area contributed by atoms with E-state index in [1.54, 1.807) is 6.20 Å².